The van der Waals surface area contributed by atoms with E-state index in [1.807, 2.05) is 27.7 Å². The molecule has 8 heteroatoms. The van der Waals surface area contributed by atoms with E-state index in [4.69, 9.17) is 0 Å². The van der Waals surface area contributed by atoms with Gasteiger partial charge in [0.15, 0.2) is 34.9 Å². The lowest BCUT2D eigenvalue weighted by Gasteiger charge is -2.22. The van der Waals surface area contributed by atoms with E-state index in [9.17, 15) is 26.3 Å². The van der Waals surface area contributed by atoms with Crippen molar-refractivity contribution in [2.24, 2.45) is 0 Å². The molecule has 0 amide bonds. The second-order valence-electron chi connectivity index (χ2n) is 8.62. The molecule has 0 nitrogen and oxygen atoms in total. The highest BCUT2D eigenvalue weighted by Gasteiger charge is 2.24. The summed E-state index contributed by atoms with van der Waals surface area (Å²) in [7, 11) is 0. The van der Waals surface area contributed by atoms with Gasteiger partial charge in [-0.2, -0.15) is 0 Å². The molecule has 4 rings (SSSR count). The van der Waals surface area contributed by atoms with Gasteiger partial charge in [0.05, 0.1) is 0 Å². The van der Waals surface area contributed by atoms with Gasteiger partial charge in [0.1, 0.15) is 0 Å². The van der Waals surface area contributed by atoms with E-state index in [0.29, 0.717) is 18.3 Å². The molecule has 0 radical (unpaired) electrons. The SMILES string of the molecule is Cc1cc(-c2cc(F)c(F)c(F)c2)c(I)c(-c2c(C)c(C)cc(-c3cc(F)c(F)c(F)c3)c2I)c1C. The Morgan fingerprint density at radius 3 is 1.03 bits per heavy atom. The first-order valence-corrected chi connectivity index (χ1v) is 12.9. The van der Waals surface area contributed by atoms with E-state index in [1.165, 1.54) is 0 Å². The van der Waals surface area contributed by atoms with Gasteiger partial charge < -0.3 is 0 Å². The second-order valence-corrected chi connectivity index (χ2v) is 10.8. The molecule has 0 atom stereocenters. The molecular weight excluding hydrogens is 704 g/mol. The van der Waals surface area contributed by atoms with Crippen LogP contribution in [0.3, 0.4) is 0 Å². The number of hydrogen-bond donors (Lipinski definition) is 0. The standard InChI is InChI=1S/C28H18F6I2/c1-11-5-17(15-7-19(29)25(33)20(30)8-15)27(35)23(13(11)3)24-14(4)12(2)6-18(28(24)36)16-9-21(31)26(34)22(32)10-16/h5-10H,1-4H3. The molecule has 0 saturated heterocycles. The van der Waals surface area contributed by atoms with Gasteiger partial charge in [0.25, 0.3) is 0 Å². The topological polar surface area (TPSA) is 0 Å². The summed E-state index contributed by atoms with van der Waals surface area (Å²) in [5.74, 6) is -8.22. The van der Waals surface area contributed by atoms with Crippen LogP contribution in [0.25, 0.3) is 33.4 Å². The first-order chi connectivity index (χ1) is 16.8. The van der Waals surface area contributed by atoms with Crippen LogP contribution in [0.2, 0.25) is 0 Å². The molecule has 0 aliphatic carbocycles. The molecule has 0 aliphatic rings. The van der Waals surface area contributed by atoms with E-state index in [1.54, 1.807) is 12.1 Å². The van der Waals surface area contributed by atoms with E-state index in [-0.39, 0.29) is 11.1 Å². The molecule has 0 aliphatic heterocycles. The Labute approximate surface area is 232 Å². The number of halogens is 8. The molecule has 36 heavy (non-hydrogen) atoms. The van der Waals surface area contributed by atoms with E-state index >= 15 is 0 Å². The Bertz CT molecular complexity index is 1400. The van der Waals surface area contributed by atoms with Crippen molar-refractivity contribution >= 4 is 45.2 Å². The van der Waals surface area contributed by atoms with Gasteiger partial charge >= 0.3 is 0 Å². The maximum atomic E-state index is 14.1. The third kappa shape index (κ3) is 4.55. The fourth-order valence-corrected chi connectivity index (χ4v) is 6.49. The van der Waals surface area contributed by atoms with Crippen molar-refractivity contribution in [3.63, 3.8) is 0 Å². The Morgan fingerprint density at radius 2 is 0.750 bits per heavy atom. The van der Waals surface area contributed by atoms with Crippen LogP contribution < -0.4 is 0 Å². The Kier molecular flexibility index (Phi) is 7.49. The van der Waals surface area contributed by atoms with E-state index in [2.05, 4.69) is 45.2 Å². The Hall–Kier alpha value is -2.08. The van der Waals surface area contributed by atoms with Gasteiger partial charge in [-0.25, -0.2) is 26.3 Å². The quantitative estimate of drug-likeness (QED) is 0.112. The van der Waals surface area contributed by atoms with Crippen molar-refractivity contribution in [2.75, 3.05) is 0 Å². The molecular formula is C28H18F6I2. The zero-order valence-electron chi connectivity index (χ0n) is 19.5. The third-order valence-electron chi connectivity index (χ3n) is 6.41. The van der Waals surface area contributed by atoms with Crippen molar-refractivity contribution < 1.29 is 26.3 Å². The number of aryl methyl sites for hydroxylation is 2. The molecule has 0 N–H and O–H groups in total. The van der Waals surface area contributed by atoms with E-state index in [0.717, 1.165) is 57.6 Å². The van der Waals surface area contributed by atoms with Crippen molar-refractivity contribution in [1.82, 2.24) is 0 Å². The molecule has 0 unspecified atom stereocenters. The first-order valence-electron chi connectivity index (χ1n) is 10.7. The summed E-state index contributed by atoms with van der Waals surface area (Å²) in [6.45, 7) is 7.55. The molecule has 186 valence electrons. The zero-order chi connectivity index (χ0) is 26.6. The van der Waals surface area contributed by atoms with E-state index < -0.39 is 34.9 Å². The molecule has 0 spiro atoms. The number of rotatable bonds is 3. The van der Waals surface area contributed by atoms with Crippen LogP contribution in [0, 0.1) is 69.7 Å². The number of hydrogen-bond acceptors (Lipinski definition) is 0. The summed E-state index contributed by atoms with van der Waals surface area (Å²) in [5.41, 5.74) is 6.45. The summed E-state index contributed by atoms with van der Waals surface area (Å²) in [5, 5.41) is 0. The fraction of sp³-hybridized carbons (Fsp3) is 0.143. The highest BCUT2D eigenvalue weighted by molar-refractivity contribution is 14.1. The minimum atomic E-state index is -1.54. The summed E-state index contributed by atoms with van der Waals surface area (Å²) >= 11 is 4.19. The average Bonchev–Trinajstić information content (AvgIpc) is 2.82. The molecule has 0 saturated carbocycles. The van der Waals surface area contributed by atoms with Gasteiger partial charge in [-0.3, -0.25) is 0 Å². The first kappa shape index (κ1) is 27.0. The summed E-state index contributed by atoms with van der Waals surface area (Å²) in [4.78, 5) is 0. The van der Waals surface area contributed by atoms with Crippen molar-refractivity contribution in [1.29, 1.82) is 0 Å². The highest BCUT2D eigenvalue weighted by atomic mass is 127. The van der Waals surface area contributed by atoms with Crippen LogP contribution in [-0.4, -0.2) is 0 Å². The number of benzene rings is 4. The minimum absolute atomic E-state index is 0.184. The zero-order valence-corrected chi connectivity index (χ0v) is 23.8. The van der Waals surface area contributed by atoms with Gasteiger partial charge in [0.2, 0.25) is 0 Å². The second kappa shape index (κ2) is 10.00. The normalized spacial score (nSPS) is 11.3. The summed E-state index contributed by atoms with van der Waals surface area (Å²) in [6.07, 6.45) is 0. The van der Waals surface area contributed by atoms with Crippen molar-refractivity contribution in [3.05, 3.63) is 101 Å². The maximum absolute atomic E-state index is 14.1. The Morgan fingerprint density at radius 1 is 0.472 bits per heavy atom. The largest absolute Gasteiger partial charge is 0.204 e. The molecule has 0 heterocycles. The van der Waals surface area contributed by atoms with Crippen LogP contribution in [-0.2, 0) is 0 Å². The Balaban J connectivity index is 2.07. The fourth-order valence-electron chi connectivity index (χ4n) is 4.21. The maximum Gasteiger partial charge on any atom is 0.194 e. The van der Waals surface area contributed by atoms with Crippen LogP contribution in [0.1, 0.15) is 22.3 Å². The summed E-state index contributed by atoms with van der Waals surface area (Å²) < 4.78 is 84.9. The van der Waals surface area contributed by atoms with Crippen molar-refractivity contribution in [3.8, 4) is 33.4 Å². The van der Waals surface area contributed by atoms with Crippen LogP contribution >= 0.6 is 45.2 Å². The lowest BCUT2D eigenvalue weighted by Crippen LogP contribution is -2.03. The monoisotopic (exact) mass is 722 g/mol. The van der Waals surface area contributed by atoms with Crippen LogP contribution in [0.4, 0.5) is 26.3 Å². The average molecular weight is 722 g/mol. The van der Waals surface area contributed by atoms with Crippen molar-refractivity contribution in [2.45, 2.75) is 27.7 Å². The lowest BCUT2D eigenvalue weighted by molar-refractivity contribution is 0.447. The van der Waals surface area contributed by atoms with Gasteiger partial charge in [0, 0.05) is 18.3 Å². The van der Waals surface area contributed by atoms with Gasteiger partial charge in [-0.15, -0.1) is 0 Å². The predicted molar refractivity (Wildman–Crippen MR) is 147 cm³/mol. The molecule has 4 aromatic carbocycles. The third-order valence-corrected chi connectivity index (χ3v) is 8.65. The van der Waals surface area contributed by atoms with Gasteiger partial charge in [-0.1, -0.05) is 12.1 Å². The molecule has 0 bridgehead atoms. The molecule has 0 fully saturated rings. The lowest BCUT2D eigenvalue weighted by atomic mass is 9.86. The highest BCUT2D eigenvalue weighted by Crippen LogP contribution is 2.44. The molecule has 4 aromatic rings. The summed E-state index contributed by atoms with van der Waals surface area (Å²) in [6, 6.07) is 7.40. The van der Waals surface area contributed by atoms with Crippen LogP contribution in [0.15, 0.2) is 36.4 Å². The smallest absolute Gasteiger partial charge is 0.194 e. The predicted octanol–water partition coefficient (Wildman–Crippen LogP) is 9.97. The minimum Gasteiger partial charge on any atom is -0.204 e. The van der Waals surface area contributed by atoms with Crippen LogP contribution in [0.5, 0.6) is 0 Å². The molecule has 0 aromatic heterocycles. The van der Waals surface area contributed by atoms with Gasteiger partial charge in [-0.05, 0) is 142 Å².